The molecule has 0 radical (unpaired) electrons. The summed E-state index contributed by atoms with van der Waals surface area (Å²) in [4.78, 5) is 0. The van der Waals surface area contributed by atoms with Gasteiger partial charge in [0.15, 0.2) is 0 Å². The van der Waals surface area contributed by atoms with Crippen molar-refractivity contribution in [3.05, 3.63) is 18.0 Å². The van der Waals surface area contributed by atoms with Gasteiger partial charge in [0.25, 0.3) is 0 Å². The van der Waals surface area contributed by atoms with E-state index in [9.17, 15) is 0 Å². The monoisotopic (exact) mass is 197 g/mol. The Morgan fingerprint density at radius 1 is 1.57 bits per heavy atom. The molecule has 0 aliphatic heterocycles. The molecule has 0 fully saturated rings. The second-order valence-corrected chi connectivity index (χ2v) is 3.86. The maximum atomic E-state index is 9.11. The second kappa shape index (κ2) is 5.12. The summed E-state index contributed by atoms with van der Waals surface area (Å²) in [6.07, 6.45) is 1.78. The summed E-state index contributed by atoms with van der Waals surface area (Å²) in [5, 5.41) is 16.5. The summed E-state index contributed by atoms with van der Waals surface area (Å²) in [7, 11) is 1.92. The van der Waals surface area contributed by atoms with Crippen LogP contribution in [0.5, 0.6) is 0 Å². The Hall–Kier alpha value is -0.870. The van der Waals surface area contributed by atoms with Crippen LogP contribution in [0.4, 0.5) is 0 Å². The number of nitrogens with zero attached hydrogens (tertiary/aromatic N) is 2. The molecule has 0 spiro atoms. The number of hydrogen-bond donors (Lipinski definition) is 2. The van der Waals surface area contributed by atoms with Gasteiger partial charge in [-0.05, 0) is 12.0 Å². The number of aromatic nitrogens is 2. The van der Waals surface area contributed by atoms with Gasteiger partial charge in [-0.2, -0.15) is 5.10 Å². The number of aliphatic hydroxyl groups excluding tert-OH is 1. The predicted octanol–water partition coefficient (Wildman–Crippen LogP) is 0.527. The minimum atomic E-state index is 0.157. The molecule has 1 atom stereocenters. The average molecular weight is 197 g/mol. The van der Waals surface area contributed by atoms with Crippen molar-refractivity contribution in [3.8, 4) is 0 Å². The van der Waals surface area contributed by atoms with Crippen LogP contribution in [0, 0.1) is 5.92 Å². The molecule has 1 aromatic heterocycles. The number of hydrogen-bond acceptors (Lipinski definition) is 3. The van der Waals surface area contributed by atoms with Gasteiger partial charge < -0.3 is 10.4 Å². The van der Waals surface area contributed by atoms with Crippen molar-refractivity contribution >= 4 is 0 Å². The Kier molecular flexibility index (Phi) is 4.10. The predicted molar refractivity (Wildman–Crippen MR) is 55.8 cm³/mol. The highest BCUT2D eigenvalue weighted by atomic mass is 16.3. The fourth-order valence-corrected chi connectivity index (χ4v) is 1.32. The van der Waals surface area contributed by atoms with Crippen LogP contribution in [0.25, 0.3) is 0 Å². The van der Waals surface area contributed by atoms with Gasteiger partial charge >= 0.3 is 0 Å². The fraction of sp³-hybridized carbons (Fsp3) is 0.700. The van der Waals surface area contributed by atoms with Crippen LogP contribution in [0.2, 0.25) is 0 Å². The largest absolute Gasteiger partial charge is 0.395 e. The number of nitrogens with one attached hydrogen (secondary N) is 1. The summed E-state index contributed by atoms with van der Waals surface area (Å²) in [6, 6.07) is 2.13. The molecule has 14 heavy (non-hydrogen) atoms. The van der Waals surface area contributed by atoms with Gasteiger partial charge in [0.2, 0.25) is 0 Å². The molecule has 80 valence electrons. The van der Waals surface area contributed by atoms with Crippen LogP contribution < -0.4 is 5.32 Å². The lowest BCUT2D eigenvalue weighted by atomic mass is 10.1. The Morgan fingerprint density at radius 3 is 2.71 bits per heavy atom. The lowest BCUT2D eigenvalue weighted by Crippen LogP contribution is -2.36. The third-order valence-electron chi connectivity index (χ3n) is 2.47. The maximum Gasteiger partial charge on any atom is 0.0587 e. The molecule has 4 heteroatoms. The van der Waals surface area contributed by atoms with Crippen LogP contribution in [0.3, 0.4) is 0 Å². The third-order valence-corrected chi connectivity index (χ3v) is 2.47. The molecular formula is C10H19N3O. The quantitative estimate of drug-likeness (QED) is 0.724. The van der Waals surface area contributed by atoms with Crippen LogP contribution in [-0.2, 0) is 13.6 Å². The molecule has 0 bridgehead atoms. The van der Waals surface area contributed by atoms with Gasteiger partial charge in [-0.1, -0.05) is 13.8 Å². The van der Waals surface area contributed by atoms with E-state index >= 15 is 0 Å². The molecule has 2 N–H and O–H groups in total. The van der Waals surface area contributed by atoms with Crippen molar-refractivity contribution in [2.24, 2.45) is 13.0 Å². The Morgan fingerprint density at radius 2 is 2.29 bits per heavy atom. The summed E-state index contributed by atoms with van der Waals surface area (Å²) in [5.41, 5.74) is 1.13. The topological polar surface area (TPSA) is 50.1 Å². The first-order valence-corrected chi connectivity index (χ1v) is 4.96. The number of rotatable bonds is 5. The van der Waals surface area contributed by atoms with Gasteiger partial charge in [-0.3, -0.25) is 4.68 Å². The van der Waals surface area contributed by atoms with E-state index in [0.29, 0.717) is 5.92 Å². The van der Waals surface area contributed by atoms with Crippen molar-refractivity contribution in [1.29, 1.82) is 0 Å². The second-order valence-electron chi connectivity index (χ2n) is 3.86. The van der Waals surface area contributed by atoms with Crippen LogP contribution in [0.1, 0.15) is 19.5 Å². The van der Waals surface area contributed by atoms with Crippen molar-refractivity contribution in [1.82, 2.24) is 15.1 Å². The van der Waals surface area contributed by atoms with Crippen LogP contribution in [-0.4, -0.2) is 27.5 Å². The van der Waals surface area contributed by atoms with Gasteiger partial charge in [0, 0.05) is 25.8 Å². The van der Waals surface area contributed by atoms with Crippen molar-refractivity contribution in [3.63, 3.8) is 0 Å². The van der Waals surface area contributed by atoms with E-state index in [-0.39, 0.29) is 12.6 Å². The van der Waals surface area contributed by atoms with E-state index < -0.39 is 0 Å². The highest BCUT2D eigenvalue weighted by Crippen LogP contribution is 2.02. The molecule has 1 rings (SSSR count). The van der Waals surface area contributed by atoms with Crippen LogP contribution >= 0.6 is 0 Å². The molecule has 0 aliphatic carbocycles. The molecule has 1 heterocycles. The van der Waals surface area contributed by atoms with Gasteiger partial charge in [-0.25, -0.2) is 0 Å². The zero-order chi connectivity index (χ0) is 10.6. The molecule has 1 aromatic rings. The smallest absolute Gasteiger partial charge is 0.0587 e. The normalized spacial score (nSPS) is 13.5. The first kappa shape index (κ1) is 11.2. The summed E-state index contributed by atoms with van der Waals surface area (Å²) in [6.45, 7) is 5.11. The van der Waals surface area contributed by atoms with E-state index in [4.69, 9.17) is 5.11 Å². The third kappa shape index (κ3) is 2.82. The summed E-state index contributed by atoms with van der Waals surface area (Å²) in [5.74, 6) is 0.438. The minimum Gasteiger partial charge on any atom is -0.395 e. The van der Waals surface area contributed by atoms with E-state index in [2.05, 4.69) is 24.3 Å². The molecule has 0 aliphatic rings. The lowest BCUT2D eigenvalue weighted by Gasteiger charge is -2.19. The molecule has 0 unspecified atom stereocenters. The van der Waals surface area contributed by atoms with Crippen LogP contribution in [0.15, 0.2) is 12.3 Å². The zero-order valence-electron chi connectivity index (χ0n) is 9.07. The summed E-state index contributed by atoms with van der Waals surface area (Å²) < 4.78 is 1.84. The molecule has 0 amide bonds. The lowest BCUT2D eigenvalue weighted by molar-refractivity contribution is 0.209. The standard InChI is InChI=1S/C10H19N3O/c1-8(2)10(7-14)11-6-9-4-5-12-13(9)3/h4-5,8,10-11,14H,6-7H2,1-3H3/t10-/m1/s1. The highest BCUT2D eigenvalue weighted by molar-refractivity contribution is 4.99. The Balaban J connectivity index is 2.43. The zero-order valence-corrected chi connectivity index (χ0v) is 9.07. The highest BCUT2D eigenvalue weighted by Gasteiger charge is 2.11. The van der Waals surface area contributed by atoms with Crippen molar-refractivity contribution in [2.45, 2.75) is 26.4 Å². The first-order valence-electron chi connectivity index (χ1n) is 4.96. The van der Waals surface area contributed by atoms with Crippen molar-refractivity contribution in [2.75, 3.05) is 6.61 Å². The van der Waals surface area contributed by atoms with E-state index in [1.165, 1.54) is 0 Å². The fourth-order valence-electron chi connectivity index (χ4n) is 1.32. The molecular weight excluding hydrogens is 178 g/mol. The molecule has 0 aromatic carbocycles. The summed E-state index contributed by atoms with van der Waals surface area (Å²) >= 11 is 0. The van der Waals surface area contributed by atoms with Crippen molar-refractivity contribution < 1.29 is 5.11 Å². The van der Waals surface area contributed by atoms with Gasteiger partial charge in [0.05, 0.1) is 12.3 Å². The average Bonchev–Trinajstić information content (AvgIpc) is 2.52. The minimum absolute atomic E-state index is 0.157. The first-order chi connectivity index (χ1) is 6.65. The molecule has 4 nitrogen and oxygen atoms in total. The van der Waals surface area contributed by atoms with E-state index in [1.54, 1.807) is 6.20 Å². The number of aliphatic hydroxyl groups is 1. The van der Waals surface area contributed by atoms with Gasteiger partial charge in [0.1, 0.15) is 0 Å². The molecule has 0 saturated heterocycles. The van der Waals surface area contributed by atoms with E-state index in [1.807, 2.05) is 17.8 Å². The number of aryl methyl sites for hydroxylation is 1. The van der Waals surface area contributed by atoms with Gasteiger partial charge in [-0.15, -0.1) is 0 Å². The maximum absolute atomic E-state index is 9.11. The SMILES string of the molecule is CC(C)[C@@H](CO)NCc1ccnn1C. The Bertz CT molecular complexity index is 270. The van der Waals surface area contributed by atoms with E-state index in [0.717, 1.165) is 12.2 Å². The Labute approximate surface area is 84.9 Å². The molecule has 0 saturated carbocycles.